The molecule has 2 amide bonds. The van der Waals surface area contributed by atoms with E-state index in [0.29, 0.717) is 6.61 Å². The fraction of sp³-hybridized carbons (Fsp3) is 0.667. The van der Waals surface area contributed by atoms with Crippen molar-refractivity contribution in [2.45, 2.75) is 70.0 Å². The normalized spacial score (nSPS) is 31.6. The Bertz CT molecular complexity index is 789. The predicted molar refractivity (Wildman–Crippen MR) is 115 cm³/mol. The lowest BCUT2D eigenvalue weighted by atomic mass is 9.82. The first kappa shape index (κ1) is 19.9. The lowest BCUT2D eigenvalue weighted by Gasteiger charge is -2.44. The highest BCUT2D eigenvalue weighted by Crippen LogP contribution is 2.46. The summed E-state index contributed by atoms with van der Waals surface area (Å²) in [7, 11) is 0. The first-order valence-electron chi connectivity index (χ1n) is 11.8. The number of hydrogen-bond acceptors (Lipinski definition) is 4. The van der Waals surface area contributed by atoms with E-state index in [9.17, 15) is 9.59 Å². The number of benzene rings is 1. The van der Waals surface area contributed by atoms with Gasteiger partial charge in [-0.25, -0.2) is 4.79 Å². The fourth-order valence-electron chi connectivity index (χ4n) is 6.61. The van der Waals surface area contributed by atoms with Gasteiger partial charge in [0.1, 0.15) is 6.04 Å². The van der Waals surface area contributed by atoms with Crippen LogP contribution in [0.4, 0.5) is 10.5 Å². The molecule has 3 atom stereocenters. The molecule has 3 fully saturated rings. The molecule has 4 aliphatic rings. The van der Waals surface area contributed by atoms with Crippen molar-refractivity contribution >= 4 is 17.7 Å². The Kier molecular flexibility index (Phi) is 5.44. The second-order valence-electron chi connectivity index (χ2n) is 9.35. The zero-order chi connectivity index (χ0) is 20.7. The van der Waals surface area contributed by atoms with Crippen LogP contribution < -0.4 is 10.2 Å². The molecule has 0 spiro atoms. The van der Waals surface area contributed by atoms with Crippen LogP contribution in [-0.2, 0) is 9.53 Å². The number of carbonyl (C=O) groups excluding carboxylic acids is 2. The molecule has 2 heterocycles. The number of amides is 2. The minimum Gasteiger partial charge on any atom is -0.450 e. The van der Waals surface area contributed by atoms with E-state index in [1.54, 1.807) is 6.92 Å². The van der Waals surface area contributed by atoms with Crippen molar-refractivity contribution in [1.82, 2.24) is 10.2 Å². The first-order chi connectivity index (χ1) is 14.7. The number of anilines is 1. The summed E-state index contributed by atoms with van der Waals surface area (Å²) in [5, 5.41) is 2.77. The van der Waals surface area contributed by atoms with Gasteiger partial charge in [0.15, 0.2) is 0 Å². The second-order valence-corrected chi connectivity index (χ2v) is 9.35. The Morgan fingerprint density at radius 3 is 2.47 bits per heavy atom. The number of likely N-dealkylation sites (tertiary alicyclic amines) is 1. The van der Waals surface area contributed by atoms with Gasteiger partial charge in [-0.2, -0.15) is 0 Å². The zero-order valence-electron chi connectivity index (χ0n) is 17.9. The van der Waals surface area contributed by atoms with Crippen molar-refractivity contribution in [3.05, 3.63) is 29.8 Å². The van der Waals surface area contributed by atoms with Gasteiger partial charge < -0.3 is 15.0 Å². The Morgan fingerprint density at radius 1 is 1.07 bits per heavy atom. The van der Waals surface area contributed by atoms with Crippen LogP contribution in [0.3, 0.4) is 0 Å². The minimum absolute atomic E-state index is 0.0274. The van der Waals surface area contributed by atoms with Crippen LogP contribution in [0.1, 0.15) is 63.5 Å². The van der Waals surface area contributed by atoms with Gasteiger partial charge in [0, 0.05) is 36.4 Å². The summed E-state index contributed by atoms with van der Waals surface area (Å²) >= 11 is 0. The van der Waals surface area contributed by atoms with Gasteiger partial charge in [-0.15, -0.1) is 0 Å². The Morgan fingerprint density at radius 2 is 1.77 bits per heavy atom. The summed E-state index contributed by atoms with van der Waals surface area (Å²) in [5.74, 6) is 1.76. The lowest BCUT2D eigenvalue weighted by molar-refractivity contribution is -0.120. The van der Waals surface area contributed by atoms with E-state index in [4.69, 9.17) is 4.74 Å². The van der Waals surface area contributed by atoms with Crippen LogP contribution in [0.2, 0.25) is 0 Å². The Hall–Kier alpha value is -2.08. The van der Waals surface area contributed by atoms with Gasteiger partial charge in [-0.05, 0) is 63.4 Å². The maximum atomic E-state index is 13.3. The summed E-state index contributed by atoms with van der Waals surface area (Å²) in [6.07, 6.45) is 8.51. The van der Waals surface area contributed by atoms with Crippen molar-refractivity contribution in [2.24, 2.45) is 11.8 Å². The Balaban J connectivity index is 1.29. The van der Waals surface area contributed by atoms with Crippen molar-refractivity contribution in [3.63, 3.8) is 0 Å². The molecule has 0 radical (unpaired) electrons. The second kappa shape index (κ2) is 8.22. The third-order valence-corrected chi connectivity index (χ3v) is 7.84. The van der Waals surface area contributed by atoms with Crippen LogP contribution >= 0.6 is 0 Å². The van der Waals surface area contributed by atoms with Gasteiger partial charge in [0.05, 0.1) is 6.61 Å². The number of ether oxygens (including phenoxy) is 1. The fourth-order valence-corrected chi connectivity index (χ4v) is 6.61. The lowest BCUT2D eigenvalue weighted by Crippen LogP contribution is -2.52. The van der Waals surface area contributed by atoms with E-state index < -0.39 is 12.1 Å². The van der Waals surface area contributed by atoms with E-state index in [0.717, 1.165) is 55.1 Å². The SMILES string of the molecule is CCOC(=O)NC1C(=O)N(C2CCN(C3C4CCCC3CC4)CC2)c2ccccc21. The monoisotopic (exact) mass is 411 g/mol. The third kappa shape index (κ3) is 3.39. The molecule has 162 valence electrons. The van der Waals surface area contributed by atoms with Gasteiger partial charge in [-0.1, -0.05) is 24.6 Å². The highest BCUT2D eigenvalue weighted by molar-refractivity contribution is 6.06. The molecule has 6 nitrogen and oxygen atoms in total. The topological polar surface area (TPSA) is 61.9 Å². The number of nitrogens with one attached hydrogen (secondary N) is 1. The van der Waals surface area contributed by atoms with Crippen LogP contribution in [-0.4, -0.2) is 48.7 Å². The van der Waals surface area contributed by atoms with E-state index in [1.165, 1.54) is 32.1 Å². The number of nitrogens with zero attached hydrogens (tertiary/aromatic N) is 2. The summed E-state index contributed by atoms with van der Waals surface area (Å²) in [6.45, 7) is 4.21. The maximum Gasteiger partial charge on any atom is 0.408 e. The molecule has 1 N–H and O–H groups in total. The highest BCUT2D eigenvalue weighted by Gasteiger charge is 2.46. The molecule has 1 aromatic rings. The number of hydrogen-bond donors (Lipinski definition) is 1. The van der Waals surface area contributed by atoms with Crippen LogP contribution in [0, 0.1) is 11.8 Å². The molecule has 5 rings (SSSR count). The van der Waals surface area contributed by atoms with Crippen LogP contribution in [0.5, 0.6) is 0 Å². The number of alkyl carbamates (subject to hydrolysis) is 1. The van der Waals surface area contributed by atoms with Crippen LogP contribution in [0.25, 0.3) is 0 Å². The smallest absolute Gasteiger partial charge is 0.408 e. The van der Waals surface area contributed by atoms with Gasteiger partial charge in [0.25, 0.3) is 5.91 Å². The number of rotatable bonds is 4. The molecular weight excluding hydrogens is 378 g/mol. The molecular formula is C24H33N3O3. The summed E-state index contributed by atoms with van der Waals surface area (Å²) < 4.78 is 5.03. The average molecular weight is 412 g/mol. The zero-order valence-corrected chi connectivity index (χ0v) is 17.9. The van der Waals surface area contributed by atoms with Crippen molar-refractivity contribution in [2.75, 3.05) is 24.6 Å². The Labute approximate surface area is 178 Å². The highest BCUT2D eigenvalue weighted by atomic mass is 16.5. The molecule has 1 saturated heterocycles. The van der Waals surface area contributed by atoms with Crippen LogP contribution in [0.15, 0.2) is 24.3 Å². The molecule has 3 unspecified atom stereocenters. The number of piperidine rings is 1. The molecule has 2 bridgehead atoms. The molecule has 0 aromatic heterocycles. The molecule has 2 aliphatic carbocycles. The van der Waals surface area contributed by atoms with Crippen molar-refractivity contribution < 1.29 is 14.3 Å². The van der Waals surface area contributed by atoms with E-state index >= 15 is 0 Å². The van der Waals surface area contributed by atoms with E-state index in [2.05, 4.69) is 10.2 Å². The average Bonchev–Trinajstić information content (AvgIpc) is 3.17. The molecule has 1 aromatic carbocycles. The first-order valence-corrected chi connectivity index (χ1v) is 11.8. The largest absolute Gasteiger partial charge is 0.450 e. The van der Waals surface area contributed by atoms with Crippen molar-refractivity contribution in [1.29, 1.82) is 0 Å². The third-order valence-electron chi connectivity index (χ3n) is 7.84. The number of carbonyl (C=O) groups is 2. The standard InChI is InChI=1S/C24H33N3O3/c1-2-30-24(29)25-21-19-8-3-4-9-20(19)27(23(21)28)18-12-14-26(15-13-18)22-16-6-5-7-17(22)11-10-16/h3-4,8-9,16-18,21-22H,2,5-7,10-15H2,1H3,(H,25,29). The summed E-state index contributed by atoms with van der Waals surface area (Å²) in [5.41, 5.74) is 1.82. The summed E-state index contributed by atoms with van der Waals surface area (Å²) in [6, 6.07) is 8.18. The molecule has 2 aliphatic heterocycles. The maximum absolute atomic E-state index is 13.3. The van der Waals surface area contributed by atoms with Gasteiger partial charge in [-0.3, -0.25) is 9.69 Å². The minimum atomic E-state index is -0.646. The van der Waals surface area contributed by atoms with Gasteiger partial charge in [0.2, 0.25) is 0 Å². The van der Waals surface area contributed by atoms with Crippen molar-refractivity contribution in [3.8, 4) is 0 Å². The van der Waals surface area contributed by atoms with E-state index in [1.807, 2.05) is 29.2 Å². The molecule has 30 heavy (non-hydrogen) atoms. The van der Waals surface area contributed by atoms with E-state index in [-0.39, 0.29) is 11.9 Å². The number of para-hydroxylation sites is 1. The molecule has 6 heteroatoms. The predicted octanol–water partition coefficient (Wildman–Crippen LogP) is 3.86. The summed E-state index contributed by atoms with van der Waals surface area (Å²) in [4.78, 5) is 30.0. The number of fused-ring (bicyclic) bond motifs is 3. The van der Waals surface area contributed by atoms with Gasteiger partial charge >= 0.3 is 6.09 Å². The molecule has 2 saturated carbocycles. The quantitative estimate of drug-likeness (QED) is 0.817.